The molecule has 7 heteroatoms. The van der Waals surface area contributed by atoms with Crippen LogP contribution in [0.15, 0.2) is 23.0 Å². The minimum absolute atomic E-state index is 0.0593. The van der Waals surface area contributed by atoms with Crippen LogP contribution in [0.3, 0.4) is 0 Å². The topological polar surface area (TPSA) is 64.0 Å². The van der Waals surface area contributed by atoms with E-state index in [4.69, 9.17) is 0 Å². The van der Waals surface area contributed by atoms with E-state index < -0.39 is 0 Å². The second kappa shape index (κ2) is 6.32. The highest BCUT2D eigenvalue weighted by atomic mass is 32.1. The van der Waals surface area contributed by atoms with E-state index in [0.29, 0.717) is 38.3 Å². The van der Waals surface area contributed by atoms with Gasteiger partial charge >= 0.3 is 0 Å². The van der Waals surface area contributed by atoms with Gasteiger partial charge in [0.25, 0.3) is 11.5 Å². The zero-order valence-electron chi connectivity index (χ0n) is 14.6. The number of rotatable bonds is 3. The Bertz CT molecular complexity index is 1100. The summed E-state index contributed by atoms with van der Waals surface area (Å²) < 4.78 is 15.3. The van der Waals surface area contributed by atoms with Gasteiger partial charge in [0, 0.05) is 19.5 Å². The van der Waals surface area contributed by atoms with Crippen molar-refractivity contribution in [1.29, 1.82) is 0 Å². The van der Waals surface area contributed by atoms with Gasteiger partial charge in [-0.05, 0) is 43.0 Å². The highest BCUT2D eigenvalue weighted by Crippen LogP contribution is 2.28. The average molecular weight is 371 g/mol. The summed E-state index contributed by atoms with van der Waals surface area (Å²) in [6.07, 6.45) is 1.72. The van der Waals surface area contributed by atoms with Gasteiger partial charge < -0.3 is 5.32 Å². The molecule has 26 heavy (non-hydrogen) atoms. The molecule has 3 heterocycles. The zero-order valence-corrected chi connectivity index (χ0v) is 15.4. The number of amides is 1. The number of nitrogens with zero attached hydrogens (tertiary/aromatic N) is 2. The summed E-state index contributed by atoms with van der Waals surface area (Å²) in [6.45, 7) is 4.39. The molecule has 1 aromatic carbocycles. The number of fused-ring (bicyclic) bond motifs is 2. The van der Waals surface area contributed by atoms with Crippen LogP contribution in [0.25, 0.3) is 10.2 Å². The highest BCUT2D eigenvalue weighted by molar-refractivity contribution is 7.20. The fraction of sp³-hybridized carbons (Fsp3) is 0.316. The lowest BCUT2D eigenvalue weighted by atomic mass is 10.1. The van der Waals surface area contributed by atoms with E-state index in [9.17, 15) is 14.0 Å². The van der Waals surface area contributed by atoms with Crippen molar-refractivity contribution in [2.45, 2.75) is 39.8 Å². The van der Waals surface area contributed by atoms with Gasteiger partial charge in [-0.3, -0.25) is 14.2 Å². The van der Waals surface area contributed by atoms with E-state index in [1.54, 1.807) is 30.5 Å². The smallest absolute Gasteiger partial charge is 0.262 e. The van der Waals surface area contributed by atoms with E-state index in [0.717, 1.165) is 18.7 Å². The van der Waals surface area contributed by atoms with Crippen LogP contribution in [0.2, 0.25) is 0 Å². The second-order valence-electron chi connectivity index (χ2n) is 6.59. The molecule has 0 unspecified atom stereocenters. The van der Waals surface area contributed by atoms with E-state index in [1.807, 2.05) is 0 Å². The Balaban J connectivity index is 1.63. The number of carbonyl (C=O) groups excluding carboxylic acids is 1. The summed E-state index contributed by atoms with van der Waals surface area (Å²) in [7, 11) is 0. The fourth-order valence-electron chi connectivity index (χ4n) is 3.30. The molecular weight excluding hydrogens is 353 g/mol. The van der Waals surface area contributed by atoms with E-state index in [1.165, 1.54) is 17.4 Å². The summed E-state index contributed by atoms with van der Waals surface area (Å²) in [6, 6.07) is 4.90. The third kappa shape index (κ3) is 2.72. The van der Waals surface area contributed by atoms with Crippen molar-refractivity contribution >= 4 is 27.5 Å². The number of aromatic nitrogens is 2. The number of nitrogens with one attached hydrogen (secondary N) is 1. The molecule has 0 fully saturated rings. The van der Waals surface area contributed by atoms with Gasteiger partial charge in [0.15, 0.2) is 0 Å². The van der Waals surface area contributed by atoms with Crippen LogP contribution in [0.5, 0.6) is 0 Å². The molecule has 4 rings (SSSR count). The molecule has 5 nitrogen and oxygen atoms in total. The maximum atomic E-state index is 13.6. The first kappa shape index (κ1) is 16.9. The van der Waals surface area contributed by atoms with Crippen molar-refractivity contribution in [2.75, 3.05) is 0 Å². The normalized spacial score (nSPS) is 13.2. The maximum Gasteiger partial charge on any atom is 0.262 e. The number of carbonyl (C=O) groups is 1. The van der Waals surface area contributed by atoms with Gasteiger partial charge in [0.1, 0.15) is 16.5 Å². The first-order valence-corrected chi connectivity index (χ1v) is 9.33. The van der Waals surface area contributed by atoms with Crippen molar-refractivity contribution in [3.63, 3.8) is 0 Å². The molecule has 0 atom stereocenters. The number of halogens is 1. The third-order valence-corrected chi connectivity index (χ3v) is 5.99. The van der Waals surface area contributed by atoms with Crippen molar-refractivity contribution in [3.05, 3.63) is 61.8 Å². The molecule has 0 radical (unpaired) electrons. The predicted molar refractivity (Wildman–Crippen MR) is 99.2 cm³/mol. The minimum Gasteiger partial charge on any atom is -0.347 e. The highest BCUT2D eigenvalue weighted by Gasteiger charge is 2.23. The number of benzene rings is 1. The van der Waals surface area contributed by atoms with Crippen LogP contribution in [0.4, 0.5) is 4.39 Å². The first-order valence-electron chi connectivity index (χ1n) is 8.51. The zero-order chi connectivity index (χ0) is 18.4. The summed E-state index contributed by atoms with van der Waals surface area (Å²) >= 11 is 1.24. The Morgan fingerprint density at radius 2 is 2.19 bits per heavy atom. The van der Waals surface area contributed by atoms with Gasteiger partial charge in [-0.25, -0.2) is 9.37 Å². The minimum atomic E-state index is -0.290. The Morgan fingerprint density at radius 3 is 2.96 bits per heavy atom. The van der Waals surface area contributed by atoms with Crippen molar-refractivity contribution in [1.82, 2.24) is 14.9 Å². The molecule has 1 aliphatic rings. The average Bonchev–Trinajstić information content (AvgIpc) is 3.21. The predicted octanol–water partition coefficient (Wildman–Crippen LogP) is 3.09. The Hall–Kier alpha value is -2.54. The molecular formula is C19H18FN3O2S. The van der Waals surface area contributed by atoms with Crippen LogP contribution >= 0.6 is 11.3 Å². The van der Waals surface area contributed by atoms with Gasteiger partial charge in [-0.15, -0.1) is 11.3 Å². The lowest BCUT2D eigenvalue weighted by Crippen LogP contribution is -2.23. The number of thiophene rings is 1. The maximum absolute atomic E-state index is 13.6. The lowest BCUT2D eigenvalue weighted by molar-refractivity contribution is 0.0954. The monoisotopic (exact) mass is 371 g/mol. The molecule has 0 aliphatic carbocycles. The van der Waals surface area contributed by atoms with Gasteiger partial charge in [-0.2, -0.15) is 0 Å². The molecule has 0 saturated heterocycles. The number of aryl methyl sites for hydroxylation is 3. The number of hydrogen-bond acceptors (Lipinski definition) is 4. The Morgan fingerprint density at radius 1 is 1.38 bits per heavy atom. The quantitative estimate of drug-likeness (QED) is 0.770. The first-order chi connectivity index (χ1) is 12.5. The summed E-state index contributed by atoms with van der Waals surface area (Å²) in [5.74, 6) is 0.239. The van der Waals surface area contributed by atoms with E-state index >= 15 is 0 Å². The summed E-state index contributed by atoms with van der Waals surface area (Å²) in [5.41, 5.74) is 1.87. The van der Waals surface area contributed by atoms with Crippen molar-refractivity contribution in [3.8, 4) is 0 Å². The van der Waals surface area contributed by atoms with Crippen LogP contribution in [-0.4, -0.2) is 15.5 Å². The van der Waals surface area contributed by atoms with E-state index in [2.05, 4.69) is 10.3 Å². The Labute approximate surface area is 153 Å². The largest absolute Gasteiger partial charge is 0.347 e. The lowest BCUT2D eigenvalue weighted by Gasteiger charge is -2.06. The molecule has 1 amide bonds. The van der Waals surface area contributed by atoms with Gasteiger partial charge in [-0.1, -0.05) is 12.1 Å². The van der Waals surface area contributed by atoms with Crippen molar-refractivity contribution in [2.24, 2.45) is 0 Å². The van der Waals surface area contributed by atoms with Crippen LogP contribution in [-0.2, 0) is 19.5 Å². The van der Waals surface area contributed by atoms with Crippen LogP contribution in [0, 0.1) is 19.7 Å². The summed E-state index contributed by atoms with van der Waals surface area (Å²) in [4.78, 5) is 31.0. The van der Waals surface area contributed by atoms with E-state index in [-0.39, 0.29) is 23.8 Å². The molecule has 3 aromatic rings. The summed E-state index contributed by atoms with van der Waals surface area (Å²) in [5, 5.41) is 3.34. The number of hydrogen-bond donors (Lipinski definition) is 1. The third-order valence-electron chi connectivity index (χ3n) is 4.81. The standard InChI is InChI=1S/C19H18FN3O2S/c1-10-5-6-12(8-13(10)20)9-21-17(24)16-11(2)15-18(26-16)22-14-4-3-7-23(14)19(15)25/h5-6,8H,3-4,7,9H2,1-2H3,(H,21,24). The second-order valence-corrected chi connectivity index (χ2v) is 7.59. The van der Waals surface area contributed by atoms with Gasteiger partial charge in [0.2, 0.25) is 0 Å². The van der Waals surface area contributed by atoms with Gasteiger partial charge in [0.05, 0.1) is 10.3 Å². The molecule has 134 valence electrons. The molecule has 0 spiro atoms. The van der Waals surface area contributed by atoms with Crippen LogP contribution in [0.1, 0.15) is 38.6 Å². The van der Waals surface area contributed by atoms with Crippen molar-refractivity contribution < 1.29 is 9.18 Å². The fourth-order valence-corrected chi connectivity index (χ4v) is 4.41. The molecule has 1 aliphatic heterocycles. The SMILES string of the molecule is Cc1ccc(CNC(=O)c2sc3nc4n(c(=O)c3c2C)CCC4)cc1F. The molecule has 0 bridgehead atoms. The molecule has 2 aromatic heterocycles. The van der Waals surface area contributed by atoms with Crippen LogP contribution < -0.4 is 10.9 Å². The molecule has 1 N–H and O–H groups in total. The Kier molecular flexibility index (Phi) is 4.11. The molecule has 0 saturated carbocycles.